The van der Waals surface area contributed by atoms with Gasteiger partial charge in [0.25, 0.3) is 0 Å². The smallest absolute Gasteiger partial charge is 0.457 e. The van der Waals surface area contributed by atoms with Crippen LogP contribution in [0.25, 0.3) is 0 Å². The molecule has 0 bridgehead atoms. The molecule has 1 saturated heterocycles. The van der Waals surface area contributed by atoms with Crippen LogP contribution in [0.15, 0.2) is 42.5 Å². The summed E-state index contributed by atoms with van der Waals surface area (Å²) in [5.41, 5.74) is -5.38. The van der Waals surface area contributed by atoms with Gasteiger partial charge in [0.05, 0.1) is 0 Å². The number of halogens is 7. The average molecular weight is 507 g/mol. The van der Waals surface area contributed by atoms with Crippen molar-refractivity contribution in [1.82, 2.24) is 5.32 Å². The minimum atomic E-state index is -5.60. The Hall–Kier alpha value is -2.38. The number of benzene rings is 2. The van der Waals surface area contributed by atoms with Gasteiger partial charge < -0.3 is 14.8 Å². The van der Waals surface area contributed by atoms with E-state index in [2.05, 4.69) is 10.1 Å². The van der Waals surface area contributed by atoms with Crippen LogP contribution < -0.4 is 19.5 Å². The molecule has 178 valence electrons. The summed E-state index contributed by atoms with van der Waals surface area (Å²) in [5, 5.41) is 3.13. The van der Waals surface area contributed by atoms with Gasteiger partial charge in [0.15, 0.2) is 0 Å². The Balaban J connectivity index is 0.00000363. The molecule has 0 amide bonds. The average Bonchev–Trinajstić information content (AvgIpc) is 3.16. The van der Waals surface area contributed by atoms with Crippen LogP contribution in [0.4, 0.5) is 32.0 Å². The van der Waals surface area contributed by atoms with Gasteiger partial charge in [-0.3, -0.25) is 4.72 Å². The van der Waals surface area contributed by atoms with Crippen LogP contribution in [0, 0.1) is 0 Å². The molecule has 1 unspecified atom stereocenters. The number of hydrogen-bond donors (Lipinski definition) is 2. The first-order chi connectivity index (χ1) is 14.3. The molecule has 2 N–H and O–H groups in total. The van der Waals surface area contributed by atoms with Crippen LogP contribution in [0.1, 0.15) is 24.4 Å². The number of nitrogens with one attached hydrogen (secondary N) is 2. The molecule has 0 aromatic heterocycles. The summed E-state index contributed by atoms with van der Waals surface area (Å²) >= 11 is 0. The molecule has 1 aliphatic rings. The minimum Gasteiger partial charge on any atom is -0.457 e. The zero-order valence-corrected chi connectivity index (χ0v) is 17.6. The van der Waals surface area contributed by atoms with E-state index in [4.69, 9.17) is 4.74 Å². The zero-order valence-electron chi connectivity index (χ0n) is 16.0. The molecular formula is C18H17ClF6N2O4S. The fraction of sp³-hybridized carbons (Fsp3) is 0.333. The summed E-state index contributed by atoms with van der Waals surface area (Å²) in [6, 6.07) is 7.84. The van der Waals surface area contributed by atoms with E-state index in [1.165, 1.54) is 29.0 Å². The summed E-state index contributed by atoms with van der Waals surface area (Å²) in [6.45, 7) is 0.645. The normalized spacial score (nSPS) is 16.9. The second kappa shape index (κ2) is 9.63. The Morgan fingerprint density at radius 1 is 0.969 bits per heavy atom. The van der Waals surface area contributed by atoms with Crippen LogP contribution in [0.3, 0.4) is 0 Å². The first-order valence-electron chi connectivity index (χ1n) is 8.84. The molecule has 1 atom stereocenters. The van der Waals surface area contributed by atoms with Crippen LogP contribution in [0.5, 0.6) is 17.2 Å². The van der Waals surface area contributed by atoms with Gasteiger partial charge in [-0.05, 0) is 61.9 Å². The molecule has 2 aromatic carbocycles. The highest BCUT2D eigenvalue weighted by molar-refractivity contribution is 7.93. The highest BCUT2D eigenvalue weighted by Gasteiger charge is 2.46. The third-order valence-electron chi connectivity index (χ3n) is 4.29. The number of hydrogen-bond acceptors (Lipinski definition) is 5. The van der Waals surface area contributed by atoms with Gasteiger partial charge in [-0.25, -0.2) is 0 Å². The van der Waals surface area contributed by atoms with Gasteiger partial charge in [-0.15, -0.1) is 25.6 Å². The number of alkyl halides is 6. The highest BCUT2D eigenvalue weighted by atomic mass is 35.5. The van der Waals surface area contributed by atoms with E-state index in [0.717, 1.165) is 24.6 Å². The van der Waals surface area contributed by atoms with Crippen molar-refractivity contribution < 1.29 is 44.2 Å². The molecule has 3 rings (SSSR count). The largest absolute Gasteiger partial charge is 0.573 e. The first-order valence-corrected chi connectivity index (χ1v) is 10.3. The van der Waals surface area contributed by atoms with Gasteiger partial charge in [0, 0.05) is 17.3 Å². The first kappa shape index (κ1) is 25.9. The SMILES string of the molecule is Cl.O=S(=O)(Nc1ccc(Oc2ccc(OC(F)(F)F)cc2)c(C2CCCN2)c1)C(F)(F)F. The molecule has 6 nitrogen and oxygen atoms in total. The summed E-state index contributed by atoms with van der Waals surface area (Å²) in [5.74, 6) is -0.0920. The third kappa shape index (κ3) is 6.56. The van der Waals surface area contributed by atoms with Crippen molar-refractivity contribution >= 4 is 28.1 Å². The Bertz CT molecular complexity index is 1020. The molecule has 0 aliphatic carbocycles. The van der Waals surface area contributed by atoms with Gasteiger partial charge >= 0.3 is 21.9 Å². The second-order valence-corrected chi connectivity index (χ2v) is 8.25. The van der Waals surface area contributed by atoms with E-state index in [9.17, 15) is 34.8 Å². The third-order valence-corrected chi connectivity index (χ3v) is 5.40. The molecule has 0 saturated carbocycles. The molecule has 0 spiro atoms. The van der Waals surface area contributed by atoms with Crippen molar-refractivity contribution in [3.63, 3.8) is 0 Å². The topological polar surface area (TPSA) is 76.7 Å². The number of rotatable bonds is 6. The molecule has 32 heavy (non-hydrogen) atoms. The quantitative estimate of drug-likeness (QED) is 0.507. The van der Waals surface area contributed by atoms with Gasteiger partial charge in [-0.2, -0.15) is 21.6 Å². The molecule has 14 heteroatoms. The van der Waals surface area contributed by atoms with E-state index < -0.39 is 27.6 Å². The lowest BCUT2D eigenvalue weighted by Crippen LogP contribution is -2.30. The molecule has 1 heterocycles. The van der Waals surface area contributed by atoms with Crippen LogP contribution >= 0.6 is 12.4 Å². The Labute approximate surface area is 185 Å². The van der Waals surface area contributed by atoms with Crippen molar-refractivity contribution in [3.05, 3.63) is 48.0 Å². The van der Waals surface area contributed by atoms with E-state index in [0.29, 0.717) is 18.5 Å². The Morgan fingerprint density at radius 3 is 2.12 bits per heavy atom. The van der Waals surface area contributed by atoms with Crippen molar-refractivity contribution in [2.24, 2.45) is 0 Å². The lowest BCUT2D eigenvalue weighted by Gasteiger charge is -2.19. The zero-order chi connectivity index (χ0) is 22.9. The molecule has 0 radical (unpaired) electrons. The van der Waals surface area contributed by atoms with E-state index >= 15 is 0 Å². The molecule has 1 fully saturated rings. The molecule has 1 aliphatic heterocycles. The van der Waals surface area contributed by atoms with Gasteiger partial charge in [0.2, 0.25) is 0 Å². The Kier molecular flexibility index (Phi) is 7.79. The molecular weight excluding hydrogens is 490 g/mol. The summed E-state index contributed by atoms with van der Waals surface area (Å²) < 4.78 is 108. The summed E-state index contributed by atoms with van der Waals surface area (Å²) in [7, 11) is -5.60. The van der Waals surface area contributed by atoms with Crippen molar-refractivity contribution in [2.45, 2.75) is 30.8 Å². The fourth-order valence-electron chi connectivity index (χ4n) is 2.98. The van der Waals surface area contributed by atoms with Crippen LogP contribution in [0.2, 0.25) is 0 Å². The van der Waals surface area contributed by atoms with E-state index in [1.807, 2.05) is 0 Å². The van der Waals surface area contributed by atoms with Gasteiger partial charge in [-0.1, -0.05) is 0 Å². The Morgan fingerprint density at radius 2 is 1.59 bits per heavy atom. The highest BCUT2D eigenvalue weighted by Crippen LogP contribution is 2.37. The van der Waals surface area contributed by atoms with Crippen LogP contribution in [-0.2, 0) is 10.0 Å². The lowest BCUT2D eigenvalue weighted by molar-refractivity contribution is -0.274. The van der Waals surface area contributed by atoms with Crippen molar-refractivity contribution in [1.29, 1.82) is 0 Å². The van der Waals surface area contributed by atoms with Crippen molar-refractivity contribution in [3.8, 4) is 17.2 Å². The van der Waals surface area contributed by atoms with Crippen LogP contribution in [-0.4, -0.2) is 26.8 Å². The number of anilines is 1. The monoisotopic (exact) mass is 506 g/mol. The maximum absolute atomic E-state index is 12.7. The maximum atomic E-state index is 12.7. The number of sulfonamides is 1. The fourth-order valence-corrected chi connectivity index (χ4v) is 3.53. The lowest BCUT2D eigenvalue weighted by atomic mass is 10.0. The predicted octanol–water partition coefficient (Wildman–Crippen LogP) is 5.49. The van der Waals surface area contributed by atoms with Gasteiger partial charge in [0.1, 0.15) is 17.2 Å². The van der Waals surface area contributed by atoms with E-state index in [-0.39, 0.29) is 35.6 Å². The van der Waals surface area contributed by atoms with Crippen molar-refractivity contribution in [2.75, 3.05) is 11.3 Å². The predicted molar refractivity (Wildman–Crippen MR) is 105 cm³/mol. The summed E-state index contributed by atoms with van der Waals surface area (Å²) in [6.07, 6.45) is -3.43. The standard InChI is InChI=1S/C18H16F6N2O4S.ClH/c19-17(20,21)30-13-6-4-12(5-7-13)29-16-8-3-11(26-31(27,28)18(22,23)24)10-14(16)15-2-1-9-25-15;/h3-8,10,15,25-26H,1-2,9H2;1H. The number of ether oxygens (including phenoxy) is 2. The summed E-state index contributed by atoms with van der Waals surface area (Å²) in [4.78, 5) is 0. The van der Waals surface area contributed by atoms with E-state index in [1.54, 1.807) is 0 Å². The maximum Gasteiger partial charge on any atom is 0.573 e. The molecule has 2 aromatic rings. The minimum absolute atomic E-state index is 0. The second-order valence-electron chi connectivity index (χ2n) is 6.57.